The van der Waals surface area contributed by atoms with Crippen LogP contribution in [0.2, 0.25) is 0 Å². The molecular weight excluding hydrogens is 226 g/mol. The van der Waals surface area contributed by atoms with Crippen LogP contribution in [-0.4, -0.2) is 43.0 Å². The van der Waals surface area contributed by atoms with Crippen molar-refractivity contribution >= 4 is 5.91 Å². The minimum atomic E-state index is 0.241. The van der Waals surface area contributed by atoms with Gasteiger partial charge in [-0.15, -0.1) is 0 Å². The predicted molar refractivity (Wildman–Crippen MR) is 73.2 cm³/mol. The summed E-state index contributed by atoms with van der Waals surface area (Å²) in [6.07, 6.45) is 7.21. The van der Waals surface area contributed by atoms with Crippen LogP contribution >= 0.6 is 0 Å². The zero-order valence-corrected chi connectivity index (χ0v) is 11.5. The SMILES string of the molecule is CN1CCC(CCC(=O)NC2CCC(N)CC2)C1. The maximum Gasteiger partial charge on any atom is 0.220 e. The molecule has 1 heterocycles. The number of nitrogens with zero attached hydrogens (tertiary/aromatic N) is 1. The average molecular weight is 253 g/mol. The molecule has 104 valence electrons. The summed E-state index contributed by atoms with van der Waals surface area (Å²) in [6.45, 7) is 2.35. The maximum atomic E-state index is 11.9. The largest absolute Gasteiger partial charge is 0.353 e. The second-order valence-electron chi connectivity index (χ2n) is 6.13. The molecule has 2 rings (SSSR count). The van der Waals surface area contributed by atoms with Crippen LogP contribution in [0.4, 0.5) is 0 Å². The van der Waals surface area contributed by atoms with Gasteiger partial charge in [0.25, 0.3) is 0 Å². The Hall–Kier alpha value is -0.610. The van der Waals surface area contributed by atoms with Crippen LogP contribution in [0.5, 0.6) is 0 Å². The number of carbonyl (C=O) groups is 1. The minimum Gasteiger partial charge on any atom is -0.353 e. The van der Waals surface area contributed by atoms with E-state index in [9.17, 15) is 4.79 Å². The van der Waals surface area contributed by atoms with E-state index in [0.29, 0.717) is 18.5 Å². The van der Waals surface area contributed by atoms with Crippen molar-refractivity contribution in [3.8, 4) is 0 Å². The molecule has 0 spiro atoms. The van der Waals surface area contributed by atoms with Gasteiger partial charge in [0.05, 0.1) is 0 Å². The first-order valence-corrected chi connectivity index (χ1v) is 7.37. The number of nitrogens with two attached hydrogens (primary N) is 1. The van der Waals surface area contributed by atoms with Gasteiger partial charge < -0.3 is 16.0 Å². The zero-order chi connectivity index (χ0) is 13.0. The van der Waals surface area contributed by atoms with Crippen molar-refractivity contribution in [1.29, 1.82) is 0 Å². The fourth-order valence-electron chi connectivity index (χ4n) is 3.16. The highest BCUT2D eigenvalue weighted by molar-refractivity contribution is 5.76. The molecule has 4 nitrogen and oxygen atoms in total. The summed E-state index contributed by atoms with van der Waals surface area (Å²) in [5.41, 5.74) is 5.86. The van der Waals surface area contributed by atoms with Crippen molar-refractivity contribution in [1.82, 2.24) is 10.2 Å². The molecule has 0 aromatic carbocycles. The van der Waals surface area contributed by atoms with E-state index < -0.39 is 0 Å². The highest BCUT2D eigenvalue weighted by Gasteiger charge is 2.22. The van der Waals surface area contributed by atoms with Gasteiger partial charge in [0.2, 0.25) is 5.91 Å². The van der Waals surface area contributed by atoms with Gasteiger partial charge >= 0.3 is 0 Å². The Kier molecular flexibility index (Phi) is 5.01. The lowest BCUT2D eigenvalue weighted by atomic mass is 9.91. The van der Waals surface area contributed by atoms with Crippen molar-refractivity contribution in [3.63, 3.8) is 0 Å². The Bertz CT molecular complexity index is 274. The van der Waals surface area contributed by atoms with Gasteiger partial charge in [-0.25, -0.2) is 0 Å². The first-order valence-electron chi connectivity index (χ1n) is 7.37. The van der Waals surface area contributed by atoms with Gasteiger partial charge in [0.15, 0.2) is 0 Å². The van der Waals surface area contributed by atoms with Crippen molar-refractivity contribution in [2.75, 3.05) is 20.1 Å². The molecule has 0 aromatic heterocycles. The Balaban J connectivity index is 1.60. The van der Waals surface area contributed by atoms with Gasteiger partial charge in [-0.1, -0.05) is 0 Å². The molecule has 1 unspecified atom stereocenters. The van der Waals surface area contributed by atoms with Gasteiger partial charge in [0.1, 0.15) is 0 Å². The fraction of sp³-hybridized carbons (Fsp3) is 0.929. The van der Waals surface area contributed by atoms with E-state index in [1.807, 2.05) is 0 Å². The number of carbonyl (C=O) groups excluding carboxylic acids is 1. The number of rotatable bonds is 4. The molecule has 1 amide bonds. The second kappa shape index (κ2) is 6.53. The van der Waals surface area contributed by atoms with Gasteiger partial charge in [-0.05, 0) is 58.0 Å². The third-order valence-corrected chi connectivity index (χ3v) is 4.41. The fourth-order valence-corrected chi connectivity index (χ4v) is 3.16. The third kappa shape index (κ3) is 4.25. The summed E-state index contributed by atoms with van der Waals surface area (Å²) in [5.74, 6) is 0.963. The molecule has 18 heavy (non-hydrogen) atoms. The molecule has 4 heteroatoms. The van der Waals surface area contributed by atoms with Gasteiger partial charge in [0, 0.05) is 25.0 Å². The molecule has 1 atom stereocenters. The lowest BCUT2D eigenvalue weighted by Gasteiger charge is -2.27. The first-order chi connectivity index (χ1) is 8.63. The minimum absolute atomic E-state index is 0.241. The average Bonchev–Trinajstić information content (AvgIpc) is 2.76. The quantitative estimate of drug-likeness (QED) is 0.789. The number of likely N-dealkylation sites (tertiary alicyclic amines) is 1. The summed E-state index contributed by atoms with van der Waals surface area (Å²) in [4.78, 5) is 14.2. The zero-order valence-electron chi connectivity index (χ0n) is 11.5. The molecule has 1 saturated heterocycles. The number of hydrogen-bond donors (Lipinski definition) is 2. The van der Waals surface area contributed by atoms with Crippen LogP contribution in [0.3, 0.4) is 0 Å². The van der Waals surface area contributed by atoms with Crippen LogP contribution in [-0.2, 0) is 4.79 Å². The van der Waals surface area contributed by atoms with Crippen molar-refractivity contribution in [2.24, 2.45) is 11.7 Å². The van der Waals surface area contributed by atoms with Crippen LogP contribution in [0, 0.1) is 5.92 Å². The summed E-state index contributed by atoms with van der Waals surface area (Å²) >= 11 is 0. The molecule has 0 radical (unpaired) electrons. The van der Waals surface area contributed by atoms with Crippen molar-refractivity contribution < 1.29 is 4.79 Å². The molecular formula is C14H27N3O. The van der Waals surface area contributed by atoms with E-state index in [1.54, 1.807) is 0 Å². The maximum absolute atomic E-state index is 11.9. The number of hydrogen-bond acceptors (Lipinski definition) is 3. The first kappa shape index (κ1) is 13.8. The Morgan fingerprint density at radius 3 is 2.61 bits per heavy atom. The van der Waals surface area contributed by atoms with E-state index in [1.165, 1.54) is 13.0 Å². The summed E-state index contributed by atoms with van der Waals surface area (Å²) in [7, 11) is 2.16. The molecule has 1 aliphatic carbocycles. The number of amides is 1. The van der Waals surface area contributed by atoms with Crippen LogP contribution < -0.4 is 11.1 Å². The highest BCUT2D eigenvalue weighted by Crippen LogP contribution is 2.20. The molecule has 2 fully saturated rings. The second-order valence-corrected chi connectivity index (χ2v) is 6.13. The normalized spacial score (nSPS) is 33.6. The van der Waals surface area contributed by atoms with Crippen LogP contribution in [0.15, 0.2) is 0 Å². The molecule has 3 N–H and O–H groups in total. The molecule has 0 aromatic rings. The smallest absolute Gasteiger partial charge is 0.220 e. The van der Waals surface area contributed by atoms with Crippen LogP contribution in [0.1, 0.15) is 44.9 Å². The third-order valence-electron chi connectivity index (χ3n) is 4.41. The monoisotopic (exact) mass is 253 g/mol. The Labute approximate surface area is 110 Å². The Morgan fingerprint density at radius 2 is 2.00 bits per heavy atom. The van der Waals surface area contributed by atoms with E-state index in [0.717, 1.165) is 44.6 Å². The summed E-state index contributed by atoms with van der Waals surface area (Å²) < 4.78 is 0. The standard InChI is InChI=1S/C14H27N3O/c1-17-9-8-11(10-17)2-7-14(18)16-13-5-3-12(15)4-6-13/h11-13H,2-10,15H2,1H3,(H,16,18). The van der Waals surface area contributed by atoms with Crippen molar-refractivity contribution in [2.45, 2.75) is 57.0 Å². The van der Waals surface area contributed by atoms with E-state index in [4.69, 9.17) is 5.73 Å². The van der Waals surface area contributed by atoms with Crippen LogP contribution in [0.25, 0.3) is 0 Å². The van der Waals surface area contributed by atoms with Crippen molar-refractivity contribution in [3.05, 3.63) is 0 Å². The lowest BCUT2D eigenvalue weighted by molar-refractivity contribution is -0.122. The molecule has 1 saturated carbocycles. The number of nitrogens with one attached hydrogen (secondary N) is 1. The van der Waals surface area contributed by atoms with E-state index >= 15 is 0 Å². The highest BCUT2D eigenvalue weighted by atomic mass is 16.1. The van der Waals surface area contributed by atoms with Gasteiger partial charge in [-0.2, -0.15) is 0 Å². The summed E-state index contributed by atoms with van der Waals surface area (Å²) in [6, 6.07) is 0.732. The van der Waals surface area contributed by atoms with E-state index in [-0.39, 0.29) is 5.91 Å². The summed E-state index contributed by atoms with van der Waals surface area (Å²) in [5, 5.41) is 3.17. The predicted octanol–water partition coefficient (Wildman–Crippen LogP) is 1.10. The Morgan fingerprint density at radius 1 is 1.28 bits per heavy atom. The lowest BCUT2D eigenvalue weighted by Crippen LogP contribution is -2.40. The van der Waals surface area contributed by atoms with E-state index in [2.05, 4.69) is 17.3 Å². The van der Waals surface area contributed by atoms with Gasteiger partial charge in [-0.3, -0.25) is 4.79 Å². The topological polar surface area (TPSA) is 58.4 Å². The molecule has 2 aliphatic rings. The molecule has 0 bridgehead atoms. The molecule has 1 aliphatic heterocycles.